The van der Waals surface area contributed by atoms with Crippen LogP contribution in [0.2, 0.25) is 0 Å². The fourth-order valence-electron chi connectivity index (χ4n) is 1.33. The molecule has 0 bridgehead atoms. The second-order valence-electron chi connectivity index (χ2n) is 2.91. The van der Waals surface area contributed by atoms with E-state index in [0.717, 1.165) is 0 Å². The van der Waals surface area contributed by atoms with E-state index in [1.807, 2.05) is 0 Å². The number of carboxylic acid groups (broad SMARTS) is 1. The van der Waals surface area contributed by atoms with Gasteiger partial charge in [0.05, 0.1) is 5.56 Å². The number of pyridine rings is 1. The summed E-state index contributed by atoms with van der Waals surface area (Å²) in [6.07, 6.45) is 1.50. The molecule has 2 N–H and O–H groups in total. The van der Waals surface area contributed by atoms with Gasteiger partial charge in [-0.1, -0.05) is 0 Å². The van der Waals surface area contributed by atoms with Crippen molar-refractivity contribution in [1.82, 2.24) is 4.98 Å². The zero-order valence-electron chi connectivity index (χ0n) is 7.15. The van der Waals surface area contributed by atoms with Crippen LogP contribution in [0.5, 0.6) is 0 Å². The number of hydrogen-bond donors (Lipinski definition) is 2. The zero-order valence-corrected chi connectivity index (χ0v) is 7.15. The molecule has 0 unspecified atom stereocenters. The first-order chi connectivity index (χ1) is 6.68. The summed E-state index contributed by atoms with van der Waals surface area (Å²) in [7, 11) is 0. The van der Waals surface area contributed by atoms with E-state index in [9.17, 15) is 9.59 Å². The quantitative estimate of drug-likeness (QED) is 0.708. The number of aromatic amines is 1. The maximum atomic E-state index is 11.3. The van der Waals surface area contributed by atoms with E-state index in [-0.39, 0.29) is 11.1 Å². The molecule has 4 nitrogen and oxygen atoms in total. The average molecular weight is 189 g/mol. The standard InChI is InChI=1S/C10H7NO3/c12-9-8-2-1-7(10(13)14)5-6(8)3-4-11-9/h1-5H,(H,11,12)(H,13,14). The van der Waals surface area contributed by atoms with Crippen LogP contribution in [0.3, 0.4) is 0 Å². The largest absolute Gasteiger partial charge is 0.478 e. The number of nitrogens with one attached hydrogen (secondary N) is 1. The Bertz CT molecular complexity index is 557. The number of aromatic carboxylic acids is 1. The Morgan fingerprint density at radius 2 is 2.07 bits per heavy atom. The van der Waals surface area contributed by atoms with Gasteiger partial charge in [0.1, 0.15) is 0 Å². The summed E-state index contributed by atoms with van der Waals surface area (Å²) in [5.41, 5.74) is -0.0254. The van der Waals surface area contributed by atoms with E-state index in [2.05, 4.69) is 4.98 Å². The summed E-state index contributed by atoms with van der Waals surface area (Å²) >= 11 is 0. The molecule has 0 amide bonds. The highest BCUT2D eigenvalue weighted by Crippen LogP contribution is 2.11. The molecular weight excluding hydrogens is 182 g/mol. The van der Waals surface area contributed by atoms with Crippen molar-refractivity contribution in [3.63, 3.8) is 0 Å². The van der Waals surface area contributed by atoms with Crippen LogP contribution in [0.15, 0.2) is 35.3 Å². The molecule has 14 heavy (non-hydrogen) atoms. The number of H-pyrrole nitrogens is 1. The minimum absolute atomic E-state index is 0.183. The SMILES string of the molecule is O=C(O)c1ccc2c(=O)[nH]ccc2c1. The van der Waals surface area contributed by atoms with Crippen molar-refractivity contribution in [2.75, 3.05) is 0 Å². The first-order valence-corrected chi connectivity index (χ1v) is 4.03. The smallest absolute Gasteiger partial charge is 0.335 e. The summed E-state index contributed by atoms with van der Waals surface area (Å²) in [4.78, 5) is 24.4. The lowest BCUT2D eigenvalue weighted by molar-refractivity contribution is 0.0697. The van der Waals surface area contributed by atoms with E-state index < -0.39 is 5.97 Å². The van der Waals surface area contributed by atoms with Gasteiger partial charge in [0.25, 0.3) is 5.56 Å². The van der Waals surface area contributed by atoms with Gasteiger partial charge in [-0.15, -0.1) is 0 Å². The molecule has 0 saturated heterocycles. The molecule has 4 heteroatoms. The molecule has 70 valence electrons. The lowest BCUT2D eigenvalue weighted by atomic mass is 10.1. The van der Waals surface area contributed by atoms with Crippen molar-refractivity contribution < 1.29 is 9.90 Å². The van der Waals surface area contributed by atoms with Gasteiger partial charge < -0.3 is 10.1 Å². The van der Waals surface area contributed by atoms with E-state index in [1.54, 1.807) is 6.07 Å². The van der Waals surface area contributed by atoms with Gasteiger partial charge in [-0.25, -0.2) is 4.79 Å². The molecule has 2 aromatic rings. The maximum absolute atomic E-state index is 11.3. The van der Waals surface area contributed by atoms with Crippen LogP contribution in [-0.2, 0) is 0 Å². The predicted molar refractivity (Wildman–Crippen MR) is 51.5 cm³/mol. The van der Waals surface area contributed by atoms with E-state index in [1.165, 1.54) is 24.4 Å². The van der Waals surface area contributed by atoms with E-state index in [4.69, 9.17) is 5.11 Å². The second kappa shape index (κ2) is 2.99. The lowest BCUT2D eigenvalue weighted by Crippen LogP contribution is -2.05. The van der Waals surface area contributed by atoms with Gasteiger partial charge in [0.2, 0.25) is 0 Å². The van der Waals surface area contributed by atoms with E-state index in [0.29, 0.717) is 10.8 Å². The third-order valence-corrected chi connectivity index (χ3v) is 2.02. The van der Waals surface area contributed by atoms with Gasteiger partial charge in [0.15, 0.2) is 0 Å². The van der Waals surface area contributed by atoms with Crippen LogP contribution in [0.1, 0.15) is 10.4 Å². The van der Waals surface area contributed by atoms with Crippen LogP contribution in [0.4, 0.5) is 0 Å². The van der Waals surface area contributed by atoms with Crippen LogP contribution in [0, 0.1) is 0 Å². The number of carboxylic acids is 1. The van der Waals surface area contributed by atoms with Gasteiger partial charge in [-0.3, -0.25) is 4.79 Å². The highest BCUT2D eigenvalue weighted by molar-refractivity contribution is 5.93. The van der Waals surface area contributed by atoms with Crippen LogP contribution in [0.25, 0.3) is 10.8 Å². The summed E-state index contributed by atoms with van der Waals surface area (Å²) in [6.45, 7) is 0. The number of fused-ring (bicyclic) bond motifs is 1. The topological polar surface area (TPSA) is 70.2 Å². The van der Waals surface area contributed by atoms with Crippen molar-refractivity contribution in [3.8, 4) is 0 Å². The zero-order chi connectivity index (χ0) is 10.1. The van der Waals surface area contributed by atoms with Gasteiger partial charge >= 0.3 is 5.97 Å². The average Bonchev–Trinajstić information content (AvgIpc) is 2.17. The lowest BCUT2D eigenvalue weighted by Gasteiger charge is -1.97. The summed E-state index contributed by atoms with van der Waals surface area (Å²) in [6, 6.07) is 6.08. The number of carbonyl (C=O) groups is 1. The molecule has 1 aromatic heterocycles. The van der Waals surface area contributed by atoms with Crippen molar-refractivity contribution in [1.29, 1.82) is 0 Å². The molecule has 0 spiro atoms. The Balaban J connectivity index is 2.80. The van der Waals surface area contributed by atoms with Gasteiger partial charge in [-0.05, 0) is 29.7 Å². The highest BCUT2D eigenvalue weighted by Gasteiger charge is 2.04. The number of rotatable bonds is 1. The molecule has 0 aliphatic heterocycles. The third kappa shape index (κ3) is 1.26. The number of hydrogen-bond acceptors (Lipinski definition) is 2. The van der Waals surface area contributed by atoms with Crippen molar-refractivity contribution in [2.24, 2.45) is 0 Å². The van der Waals surface area contributed by atoms with Gasteiger partial charge in [-0.2, -0.15) is 0 Å². The Morgan fingerprint density at radius 1 is 1.29 bits per heavy atom. The third-order valence-electron chi connectivity index (χ3n) is 2.02. The van der Waals surface area contributed by atoms with Crippen LogP contribution < -0.4 is 5.56 Å². The molecule has 2 rings (SSSR count). The molecule has 0 atom stereocenters. The predicted octanol–water partition coefficient (Wildman–Crippen LogP) is 1.23. The minimum Gasteiger partial charge on any atom is -0.478 e. The molecular formula is C10H7NO3. The molecule has 1 aromatic carbocycles. The summed E-state index contributed by atoms with van der Waals surface area (Å²) in [5.74, 6) is -0.993. The van der Waals surface area contributed by atoms with Crippen molar-refractivity contribution in [2.45, 2.75) is 0 Å². The second-order valence-corrected chi connectivity index (χ2v) is 2.91. The molecule has 1 heterocycles. The van der Waals surface area contributed by atoms with Gasteiger partial charge in [0, 0.05) is 11.6 Å². The Kier molecular flexibility index (Phi) is 1.81. The fraction of sp³-hybridized carbons (Fsp3) is 0. The maximum Gasteiger partial charge on any atom is 0.335 e. The number of aromatic nitrogens is 1. The summed E-state index contributed by atoms with van der Waals surface area (Å²) in [5, 5.41) is 9.86. The molecule has 0 fully saturated rings. The summed E-state index contributed by atoms with van der Waals surface area (Å²) < 4.78 is 0. The Labute approximate surface area is 78.8 Å². The Hall–Kier alpha value is -2.10. The van der Waals surface area contributed by atoms with Crippen molar-refractivity contribution in [3.05, 3.63) is 46.4 Å². The fourth-order valence-corrected chi connectivity index (χ4v) is 1.33. The molecule has 0 aliphatic carbocycles. The highest BCUT2D eigenvalue weighted by atomic mass is 16.4. The van der Waals surface area contributed by atoms with E-state index >= 15 is 0 Å². The van der Waals surface area contributed by atoms with Crippen LogP contribution in [-0.4, -0.2) is 16.1 Å². The van der Waals surface area contributed by atoms with Crippen molar-refractivity contribution >= 4 is 16.7 Å². The first kappa shape index (κ1) is 8.50. The molecule has 0 saturated carbocycles. The first-order valence-electron chi connectivity index (χ1n) is 4.03. The minimum atomic E-state index is -0.993. The van der Waals surface area contributed by atoms with Crippen LogP contribution >= 0.6 is 0 Å². The molecule has 0 radical (unpaired) electrons. The number of benzene rings is 1. The Morgan fingerprint density at radius 3 is 2.79 bits per heavy atom. The monoisotopic (exact) mass is 189 g/mol. The normalized spacial score (nSPS) is 10.3. The molecule has 0 aliphatic rings.